The number of nitrogens with zero attached hydrogens (tertiary/aromatic N) is 2. The standard InChI is InChI=1S/C24H20ClF3N2O/c25-18-8-6-17(7-9-18)23(16-4-2-1-3-5-16)29-10-12-30(13-11-29)24(31)19-14-21(27)22(28)15-20(19)26/h1-9,14-15,23H,10-13H2/t23-/m0/s1. The Morgan fingerprint density at radius 3 is 2.00 bits per heavy atom. The molecule has 0 unspecified atom stereocenters. The maximum absolute atomic E-state index is 14.0. The maximum atomic E-state index is 14.0. The fourth-order valence-electron chi connectivity index (χ4n) is 3.93. The summed E-state index contributed by atoms with van der Waals surface area (Å²) < 4.78 is 40.8. The van der Waals surface area contributed by atoms with Crippen molar-refractivity contribution in [3.05, 3.63) is 106 Å². The molecule has 1 amide bonds. The quantitative estimate of drug-likeness (QED) is 0.509. The molecular formula is C24H20ClF3N2O. The third-order valence-corrected chi connectivity index (χ3v) is 5.76. The van der Waals surface area contributed by atoms with Gasteiger partial charge in [0.2, 0.25) is 0 Å². The number of carbonyl (C=O) groups is 1. The highest BCUT2D eigenvalue weighted by Crippen LogP contribution is 2.30. The van der Waals surface area contributed by atoms with Crippen LogP contribution in [0.1, 0.15) is 27.5 Å². The normalized spacial score (nSPS) is 15.7. The second-order valence-corrected chi connectivity index (χ2v) is 7.88. The Hall–Kier alpha value is -2.83. The van der Waals surface area contributed by atoms with Gasteiger partial charge in [0.05, 0.1) is 11.6 Å². The number of benzene rings is 3. The Bertz CT molecular complexity index is 1070. The lowest BCUT2D eigenvalue weighted by Gasteiger charge is -2.39. The first kappa shape index (κ1) is 21.4. The van der Waals surface area contributed by atoms with Gasteiger partial charge in [-0.3, -0.25) is 9.69 Å². The highest BCUT2D eigenvalue weighted by Gasteiger charge is 2.30. The summed E-state index contributed by atoms with van der Waals surface area (Å²) in [4.78, 5) is 16.4. The van der Waals surface area contributed by atoms with Gasteiger partial charge in [0.25, 0.3) is 5.91 Å². The Morgan fingerprint density at radius 1 is 0.774 bits per heavy atom. The highest BCUT2D eigenvalue weighted by molar-refractivity contribution is 6.30. The highest BCUT2D eigenvalue weighted by atomic mass is 35.5. The molecule has 160 valence electrons. The first-order chi connectivity index (χ1) is 14.9. The molecule has 1 aliphatic rings. The number of hydrogen-bond acceptors (Lipinski definition) is 2. The van der Waals surface area contributed by atoms with Crippen LogP contribution in [0.15, 0.2) is 66.7 Å². The van der Waals surface area contributed by atoms with E-state index in [1.54, 1.807) is 0 Å². The zero-order chi connectivity index (χ0) is 22.0. The van der Waals surface area contributed by atoms with Crippen LogP contribution in [0.4, 0.5) is 13.2 Å². The molecule has 1 saturated heterocycles. The summed E-state index contributed by atoms with van der Waals surface area (Å²) in [5.41, 5.74) is 1.72. The fourth-order valence-corrected chi connectivity index (χ4v) is 4.06. The Labute approximate surface area is 183 Å². The second kappa shape index (κ2) is 9.12. The fraction of sp³-hybridized carbons (Fsp3) is 0.208. The lowest BCUT2D eigenvalue weighted by atomic mass is 9.96. The van der Waals surface area contributed by atoms with Gasteiger partial charge in [0, 0.05) is 37.3 Å². The topological polar surface area (TPSA) is 23.6 Å². The molecule has 0 bridgehead atoms. The van der Waals surface area contributed by atoms with Crippen molar-refractivity contribution in [1.82, 2.24) is 9.80 Å². The van der Waals surface area contributed by atoms with Gasteiger partial charge in [-0.05, 0) is 29.3 Å². The van der Waals surface area contributed by atoms with Crippen molar-refractivity contribution in [3.8, 4) is 0 Å². The molecule has 0 radical (unpaired) electrons. The van der Waals surface area contributed by atoms with E-state index >= 15 is 0 Å². The predicted octanol–water partition coefficient (Wildman–Crippen LogP) is 5.30. The lowest BCUT2D eigenvalue weighted by molar-refractivity contribution is 0.0592. The third-order valence-electron chi connectivity index (χ3n) is 5.51. The van der Waals surface area contributed by atoms with Crippen LogP contribution in [-0.4, -0.2) is 41.9 Å². The molecule has 1 atom stereocenters. The summed E-state index contributed by atoms with van der Waals surface area (Å²) in [6, 6.07) is 18.7. The third kappa shape index (κ3) is 4.60. The van der Waals surface area contributed by atoms with Crippen molar-refractivity contribution < 1.29 is 18.0 Å². The molecule has 0 saturated carbocycles. The van der Waals surface area contributed by atoms with Crippen LogP contribution in [0.3, 0.4) is 0 Å². The molecule has 0 aromatic heterocycles. The minimum Gasteiger partial charge on any atom is -0.336 e. The summed E-state index contributed by atoms with van der Waals surface area (Å²) in [5, 5.41) is 0.652. The van der Waals surface area contributed by atoms with Crippen LogP contribution in [0.25, 0.3) is 0 Å². The van der Waals surface area contributed by atoms with E-state index in [1.165, 1.54) is 4.90 Å². The monoisotopic (exact) mass is 444 g/mol. The molecule has 1 fully saturated rings. The van der Waals surface area contributed by atoms with E-state index < -0.39 is 28.9 Å². The molecule has 0 aliphatic carbocycles. The van der Waals surface area contributed by atoms with Gasteiger partial charge in [-0.1, -0.05) is 54.1 Å². The number of piperazine rings is 1. The summed E-state index contributed by atoms with van der Waals surface area (Å²) in [6.07, 6.45) is 0. The minimum absolute atomic E-state index is 0.0317. The molecule has 4 rings (SSSR count). The van der Waals surface area contributed by atoms with Gasteiger partial charge in [0.1, 0.15) is 5.82 Å². The van der Waals surface area contributed by atoms with Gasteiger partial charge in [-0.25, -0.2) is 13.2 Å². The van der Waals surface area contributed by atoms with E-state index in [0.29, 0.717) is 43.3 Å². The molecule has 3 aromatic carbocycles. The van der Waals surface area contributed by atoms with Crippen molar-refractivity contribution in [2.45, 2.75) is 6.04 Å². The summed E-state index contributed by atoms with van der Waals surface area (Å²) in [5.74, 6) is -4.25. The number of halogens is 4. The van der Waals surface area contributed by atoms with Crippen LogP contribution in [-0.2, 0) is 0 Å². The Morgan fingerprint density at radius 2 is 1.35 bits per heavy atom. The van der Waals surface area contributed by atoms with Crippen molar-refractivity contribution >= 4 is 17.5 Å². The van der Waals surface area contributed by atoms with E-state index in [-0.39, 0.29) is 6.04 Å². The average Bonchev–Trinajstić information content (AvgIpc) is 2.78. The van der Waals surface area contributed by atoms with E-state index in [1.807, 2.05) is 54.6 Å². The van der Waals surface area contributed by atoms with Crippen LogP contribution >= 0.6 is 11.6 Å². The molecule has 1 aliphatic heterocycles. The smallest absolute Gasteiger partial charge is 0.257 e. The number of amides is 1. The number of hydrogen-bond donors (Lipinski definition) is 0. The number of rotatable bonds is 4. The zero-order valence-corrected chi connectivity index (χ0v) is 17.3. The van der Waals surface area contributed by atoms with Gasteiger partial charge in [-0.2, -0.15) is 0 Å². The molecule has 3 nitrogen and oxygen atoms in total. The van der Waals surface area contributed by atoms with Gasteiger partial charge >= 0.3 is 0 Å². The van der Waals surface area contributed by atoms with Crippen LogP contribution in [0.2, 0.25) is 5.02 Å². The van der Waals surface area contributed by atoms with Crippen LogP contribution < -0.4 is 0 Å². The van der Waals surface area contributed by atoms with Crippen LogP contribution in [0.5, 0.6) is 0 Å². The largest absolute Gasteiger partial charge is 0.336 e. The molecule has 1 heterocycles. The van der Waals surface area contributed by atoms with E-state index in [0.717, 1.165) is 11.1 Å². The van der Waals surface area contributed by atoms with E-state index in [4.69, 9.17) is 11.6 Å². The Balaban J connectivity index is 1.53. The SMILES string of the molecule is O=C(c1cc(F)c(F)cc1F)N1CCN([C@@H](c2ccccc2)c2ccc(Cl)cc2)CC1. The van der Waals surface area contributed by atoms with E-state index in [9.17, 15) is 18.0 Å². The maximum Gasteiger partial charge on any atom is 0.257 e. The average molecular weight is 445 g/mol. The first-order valence-corrected chi connectivity index (χ1v) is 10.3. The van der Waals surface area contributed by atoms with Crippen molar-refractivity contribution in [3.63, 3.8) is 0 Å². The van der Waals surface area contributed by atoms with Crippen molar-refractivity contribution in [2.75, 3.05) is 26.2 Å². The summed E-state index contributed by atoms with van der Waals surface area (Å²) >= 11 is 6.06. The second-order valence-electron chi connectivity index (χ2n) is 7.44. The molecule has 7 heteroatoms. The number of carbonyl (C=O) groups excluding carboxylic acids is 1. The molecular weight excluding hydrogens is 425 g/mol. The zero-order valence-electron chi connectivity index (χ0n) is 16.6. The summed E-state index contributed by atoms with van der Waals surface area (Å²) in [7, 11) is 0. The Kier molecular flexibility index (Phi) is 6.30. The minimum atomic E-state index is -1.31. The van der Waals surface area contributed by atoms with E-state index in [2.05, 4.69) is 4.90 Å². The van der Waals surface area contributed by atoms with Gasteiger partial charge in [0.15, 0.2) is 11.6 Å². The lowest BCUT2D eigenvalue weighted by Crippen LogP contribution is -2.50. The van der Waals surface area contributed by atoms with Gasteiger partial charge < -0.3 is 4.90 Å². The molecule has 31 heavy (non-hydrogen) atoms. The van der Waals surface area contributed by atoms with Gasteiger partial charge in [-0.15, -0.1) is 0 Å². The predicted molar refractivity (Wildman–Crippen MR) is 114 cm³/mol. The van der Waals surface area contributed by atoms with Crippen molar-refractivity contribution in [2.24, 2.45) is 0 Å². The molecule has 3 aromatic rings. The molecule has 0 spiro atoms. The van der Waals surface area contributed by atoms with Crippen molar-refractivity contribution in [1.29, 1.82) is 0 Å². The summed E-state index contributed by atoms with van der Waals surface area (Å²) in [6.45, 7) is 1.76. The van der Waals surface area contributed by atoms with Crippen LogP contribution in [0, 0.1) is 17.5 Å². The molecule has 0 N–H and O–H groups in total. The first-order valence-electron chi connectivity index (χ1n) is 9.92.